The molecule has 1 aliphatic rings. The van der Waals surface area contributed by atoms with Crippen molar-refractivity contribution in [3.05, 3.63) is 71.2 Å². The van der Waals surface area contributed by atoms with E-state index in [0.29, 0.717) is 24.7 Å². The fourth-order valence-corrected chi connectivity index (χ4v) is 6.24. The van der Waals surface area contributed by atoms with Crippen molar-refractivity contribution in [1.29, 1.82) is 0 Å². The van der Waals surface area contributed by atoms with E-state index in [1.807, 2.05) is 80.3 Å². The lowest BCUT2D eigenvalue weighted by molar-refractivity contribution is -0.125. The zero-order valence-corrected chi connectivity index (χ0v) is 23.0. The summed E-state index contributed by atoms with van der Waals surface area (Å²) in [5.41, 5.74) is 0.771. The number of fused-ring (bicyclic) bond motifs is 2. The highest BCUT2D eigenvalue weighted by Gasteiger charge is 2.37. The number of amides is 3. The summed E-state index contributed by atoms with van der Waals surface area (Å²) in [5.74, 6) is -0.229. The molecule has 1 aliphatic heterocycles. The Hall–Kier alpha value is -3.65. The lowest BCUT2D eigenvalue weighted by Gasteiger charge is -2.31. The molecule has 0 unspecified atom stereocenters. The SMILES string of the molecule is C[C@H]1C[C@@H](CNC(=O)[C@@H](NC(=O)c2cc3ccccc3[nH]2)C(C)(C)C)N(C(=O)c2cc3ccccc3s2)C1. The molecule has 1 saturated heterocycles. The van der Waals surface area contributed by atoms with Gasteiger partial charge in [-0.1, -0.05) is 64.1 Å². The van der Waals surface area contributed by atoms with E-state index in [1.54, 1.807) is 6.07 Å². The van der Waals surface area contributed by atoms with E-state index in [2.05, 4.69) is 22.5 Å². The van der Waals surface area contributed by atoms with Gasteiger partial charge in [-0.05, 0) is 47.4 Å². The Morgan fingerprint density at radius 2 is 1.76 bits per heavy atom. The standard InChI is InChI=1S/C30H34N4O3S/c1-18-13-21(34(17-18)29(37)25-15-20-10-6-8-12-24(20)38-25)16-31-28(36)26(30(2,3)4)33-27(35)23-14-19-9-5-7-11-22(19)32-23/h5-12,14-15,18,21,26,32H,13,16-17H2,1-4H3,(H,31,36)(H,33,35)/t18-,21-,26+/m0/s1. The molecule has 8 heteroatoms. The zero-order valence-electron chi connectivity index (χ0n) is 22.2. The topological polar surface area (TPSA) is 94.3 Å². The minimum absolute atomic E-state index is 0.00860. The number of rotatable bonds is 6. The molecule has 2 aromatic carbocycles. The van der Waals surface area contributed by atoms with Gasteiger partial charge in [-0.2, -0.15) is 0 Å². The maximum Gasteiger partial charge on any atom is 0.268 e. The van der Waals surface area contributed by atoms with Crippen LogP contribution < -0.4 is 10.6 Å². The summed E-state index contributed by atoms with van der Waals surface area (Å²) in [6.07, 6.45) is 0.818. The normalized spacial score (nSPS) is 18.6. The molecule has 0 radical (unpaired) electrons. The van der Waals surface area contributed by atoms with E-state index in [9.17, 15) is 14.4 Å². The Balaban J connectivity index is 1.27. The van der Waals surface area contributed by atoms with Gasteiger partial charge in [-0.25, -0.2) is 0 Å². The number of likely N-dealkylation sites (tertiary alicyclic amines) is 1. The second-order valence-corrected chi connectivity index (χ2v) is 12.5. The summed E-state index contributed by atoms with van der Waals surface area (Å²) in [6, 6.07) is 18.6. The molecule has 2 aromatic heterocycles. The molecule has 38 heavy (non-hydrogen) atoms. The molecule has 3 amide bonds. The van der Waals surface area contributed by atoms with Crippen molar-refractivity contribution in [2.45, 2.75) is 46.2 Å². The van der Waals surface area contributed by atoms with Gasteiger partial charge in [0.1, 0.15) is 11.7 Å². The van der Waals surface area contributed by atoms with Gasteiger partial charge in [-0.15, -0.1) is 11.3 Å². The number of thiophene rings is 1. The van der Waals surface area contributed by atoms with E-state index >= 15 is 0 Å². The van der Waals surface area contributed by atoms with Crippen LogP contribution in [-0.4, -0.2) is 52.8 Å². The zero-order chi connectivity index (χ0) is 27.0. The Bertz CT molecular complexity index is 1430. The maximum atomic E-state index is 13.4. The predicted octanol–water partition coefficient (Wildman–Crippen LogP) is 5.19. The van der Waals surface area contributed by atoms with Crippen molar-refractivity contribution in [1.82, 2.24) is 20.5 Å². The van der Waals surface area contributed by atoms with Gasteiger partial charge in [0.05, 0.1) is 4.88 Å². The Morgan fingerprint density at radius 3 is 2.47 bits per heavy atom. The second kappa shape index (κ2) is 10.3. The van der Waals surface area contributed by atoms with Crippen molar-refractivity contribution in [3.63, 3.8) is 0 Å². The fraction of sp³-hybridized carbons (Fsp3) is 0.367. The van der Waals surface area contributed by atoms with Crippen molar-refractivity contribution in [2.24, 2.45) is 11.3 Å². The largest absolute Gasteiger partial charge is 0.352 e. The third kappa shape index (κ3) is 5.31. The number of carbonyl (C=O) groups is 3. The molecule has 0 saturated carbocycles. The summed E-state index contributed by atoms with van der Waals surface area (Å²) in [6.45, 7) is 8.92. The number of hydrogen-bond acceptors (Lipinski definition) is 4. The fourth-order valence-electron chi connectivity index (χ4n) is 5.22. The molecular weight excluding hydrogens is 496 g/mol. The average molecular weight is 531 g/mol. The van der Waals surface area contributed by atoms with Gasteiger partial charge in [0.2, 0.25) is 5.91 Å². The minimum atomic E-state index is -0.744. The molecule has 4 aromatic rings. The lowest BCUT2D eigenvalue weighted by Crippen LogP contribution is -2.55. The molecular formula is C30H34N4O3S. The van der Waals surface area contributed by atoms with Crippen LogP contribution >= 0.6 is 11.3 Å². The number of carbonyl (C=O) groups excluding carboxylic acids is 3. The van der Waals surface area contributed by atoms with Gasteiger partial charge in [0.15, 0.2) is 0 Å². The second-order valence-electron chi connectivity index (χ2n) is 11.4. The van der Waals surface area contributed by atoms with Crippen LogP contribution in [0.1, 0.15) is 54.3 Å². The third-order valence-corrected chi connectivity index (χ3v) is 8.31. The van der Waals surface area contributed by atoms with Gasteiger partial charge in [0.25, 0.3) is 11.8 Å². The van der Waals surface area contributed by atoms with E-state index in [0.717, 1.165) is 32.3 Å². The molecule has 0 aliphatic carbocycles. The highest BCUT2D eigenvalue weighted by molar-refractivity contribution is 7.20. The van der Waals surface area contributed by atoms with Crippen LogP contribution in [0.4, 0.5) is 0 Å². The summed E-state index contributed by atoms with van der Waals surface area (Å²) < 4.78 is 1.09. The molecule has 0 spiro atoms. The van der Waals surface area contributed by atoms with Gasteiger partial charge < -0.3 is 20.5 Å². The molecule has 0 bridgehead atoms. The third-order valence-electron chi connectivity index (χ3n) is 7.21. The Labute approximate surface area is 226 Å². The lowest BCUT2D eigenvalue weighted by atomic mass is 9.86. The molecule has 3 N–H and O–H groups in total. The Kier molecular flexibility index (Phi) is 7.01. The number of para-hydroxylation sites is 1. The van der Waals surface area contributed by atoms with E-state index < -0.39 is 11.5 Å². The van der Waals surface area contributed by atoms with Crippen LogP contribution in [0.15, 0.2) is 60.7 Å². The first-order chi connectivity index (χ1) is 18.1. The van der Waals surface area contributed by atoms with Crippen molar-refractivity contribution in [3.8, 4) is 0 Å². The van der Waals surface area contributed by atoms with Gasteiger partial charge in [-0.3, -0.25) is 14.4 Å². The molecule has 198 valence electrons. The van der Waals surface area contributed by atoms with E-state index in [4.69, 9.17) is 0 Å². The highest BCUT2D eigenvalue weighted by Crippen LogP contribution is 2.30. The average Bonchev–Trinajstić information content (AvgIpc) is 3.60. The minimum Gasteiger partial charge on any atom is -0.352 e. The molecule has 3 atom stereocenters. The van der Waals surface area contributed by atoms with Crippen LogP contribution in [0, 0.1) is 11.3 Å². The highest BCUT2D eigenvalue weighted by atomic mass is 32.1. The summed E-state index contributed by atoms with van der Waals surface area (Å²) >= 11 is 1.51. The first-order valence-electron chi connectivity index (χ1n) is 13.1. The Morgan fingerprint density at radius 1 is 1.05 bits per heavy atom. The number of benzene rings is 2. The van der Waals surface area contributed by atoms with Gasteiger partial charge >= 0.3 is 0 Å². The van der Waals surface area contributed by atoms with E-state index in [1.165, 1.54) is 11.3 Å². The molecule has 3 heterocycles. The van der Waals surface area contributed by atoms with E-state index in [-0.39, 0.29) is 23.8 Å². The van der Waals surface area contributed by atoms with Crippen LogP contribution in [0.3, 0.4) is 0 Å². The molecule has 1 fully saturated rings. The first kappa shape index (κ1) is 26.0. The van der Waals surface area contributed by atoms with Crippen molar-refractivity contribution >= 4 is 50.0 Å². The van der Waals surface area contributed by atoms with Crippen LogP contribution in [0.25, 0.3) is 21.0 Å². The van der Waals surface area contributed by atoms with Crippen LogP contribution in [0.2, 0.25) is 0 Å². The predicted molar refractivity (Wildman–Crippen MR) is 152 cm³/mol. The van der Waals surface area contributed by atoms with Gasteiger partial charge in [0, 0.05) is 34.7 Å². The van der Waals surface area contributed by atoms with Crippen LogP contribution in [0.5, 0.6) is 0 Å². The smallest absolute Gasteiger partial charge is 0.268 e. The maximum absolute atomic E-state index is 13.4. The number of H-pyrrole nitrogens is 1. The summed E-state index contributed by atoms with van der Waals surface area (Å²) in [4.78, 5) is 45.7. The monoisotopic (exact) mass is 530 g/mol. The number of aromatic nitrogens is 1. The van der Waals surface area contributed by atoms with Crippen LogP contribution in [-0.2, 0) is 4.79 Å². The van der Waals surface area contributed by atoms with Crippen molar-refractivity contribution in [2.75, 3.05) is 13.1 Å². The quantitative estimate of drug-likeness (QED) is 0.320. The number of aromatic amines is 1. The first-order valence-corrected chi connectivity index (χ1v) is 13.9. The number of nitrogens with zero attached hydrogens (tertiary/aromatic N) is 1. The summed E-state index contributed by atoms with van der Waals surface area (Å²) in [5, 5.41) is 7.98. The molecule has 5 rings (SSSR count). The number of hydrogen-bond donors (Lipinski definition) is 3. The molecule has 7 nitrogen and oxygen atoms in total. The number of nitrogens with one attached hydrogen (secondary N) is 3. The summed E-state index contributed by atoms with van der Waals surface area (Å²) in [7, 11) is 0. The van der Waals surface area contributed by atoms with Crippen molar-refractivity contribution < 1.29 is 14.4 Å².